The largest absolute Gasteiger partial charge is 0.0616 e. The van der Waals surface area contributed by atoms with Crippen LogP contribution in [0.4, 0.5) is 0 Å². The number of benzene rings is 6. The summed E-state index contributed by atoms with van der Waals surface area (Å²) in [6.45, 7) is 0. The van der Waals surface area contributed by atoms with Crippen molar-refractivity contribution >= 4 is 43.1 Å². The van der Waals surface area contributed by atoms with Gasteiger partial charge in [0.15, 0.2) is 0 Å². The van der Waals surface area contributed by atoms with Crippen LogP contribution in [0.2, 0.25) is 0 Å². The van der Waals surface area contributed by atoms with Gasteiger partial charge in [0, 0.05) is 0 Å². The fourth-order valence-corrected chi connectivity index (χ4v) is 4.64. The van der Waals surface area contributed by atoms with Gasteiger partial charge in [0.25, 0.3) is 0 Å². The molecule has 28 heavy (non-hydrogen) atoms. The zero-order valence-electron chi connectivity index (χ0n) is 15.4. The second-order valence-electron chi connectivity index (χ2n) is 7.35. The van der Waals surface area contributed by atoms with Crippen molar-refractivity contribution in [3.63, 3.8) is 0 Å². The Morgan fingerprint density at radius 2 is 0.714 bits per heavy atom. The van der Waals surface area contributed by atoms with Crippen molar-refractivity contribution in [3.8, 4) is 11.1 Å². The molecule has 0 spiro atoms. The molecule has 0 aliphatic carbocycles. The fraction of sp³-hybridized carbons (Fsp3) is 0. The van der Waals surface area contributed by atoms with Crippen molar-refractivity contribution in [2.75, 3.05) is 0 Å². The Labute approximate surface area is 163 Å². The van der Waals surface area contributed by atoms with Crippen molar-refractivity contribution in [1.29, 1.82) is 0 Å². The van der Waals surface area contributed by atoms with Crippen molar-refractivity contribution in [2.45, 2.75) is 0 Å². The maximum absolute atomic E-state index is 2.27. The molecule has 0 heterocycles. The van der Waals surface area contributed by atoms with Gasteiger partial charge in [0.1, 0.15) is 0 Å². The third-order valence-electron chi connectivity index (χ3n) is 5.85. The van der Waals surface area contributed by atoms with E-state index in [9.17, 15) is 0 Å². The molecule has 0 bridgehead atoms. The van der Waals surface area contributed by atoms with E-state index in [1.54, 1.807) is 0 Å². The van der Waals surface area contributed by atoms with E-state index in [-0.39, 0.29) is 0 Å². The fourth-order valence-electron chi connectivity index (χ4n) is 4.64. The van der Waals surface area contributed by atoms with Gasteiger partial charge in [-0.15, -0.1) is 0 Å². The van der Waals surface area contributed by atoms with Crippen molar-refractivity contribution < 1.29 is 0 Å². The maximum atomic E-state index is 2.27. The zero-order chi connectivity index (χ0) is 18.5. The molecule has 0 nitrogen and oxygen atoms in total. The average molecular weight is 354 g/mol. The summed E-state index contributed by atoms with van der Waals surface area (Å²) in [5.41, 5.74) is 2.60. The smallest absolute Gasteiger partial charge is 0.00201 e. The highest BCUT2D eigenvalue weighted by molar-refractivity contribution is 6.29. The summed E-state index contributed by atoms with van der Waals surface area (Å²) in [5.74, 6) is 0. The molecule has 0 aromatic heterocycles. The molecule has 130 valence electrons. The summed E-state index contributed by atoms with van der Waals surface area (Å²) in [7, 11) is 0. The van der Waals surface area contributed by atoms with E-state index < -0.39 is 0 Å². The normalized spacial score (nSPS) is 11.6. The molecule has 6 aromatic rings. The van der Waals surface area contributed by atoms with Gasteiger partial charge < -0.3 is 0 Å². The third kappa shape index (κ3) is 2.12. The molecule has 0 unspecified atom stereocenters. The van der Waals surface area contributed by atoms with Gasteiger partial charge in [-0.05, 0) is 54.2 Å². The molecule has 0 atom stereocenters. The van der Waals surface area contributed by atoms with Crippen LogP contribution in [0.5, 0.6) is 0 Å². The molecule has 0 radical (unpaired) electrons. The Balaban J connectivity index is 1.88. The molecule has 0 aliphatic heterocycles. The minimum atomic E-state index is 1.28. The highest BCUT2D eigenvalue weighted by atomic mass is 14.2. The molecule has 0 saturated heterocycles. The van der Waals surface area contributed by atoms with E-state index >= 15 is 0 Å². The lowest BCUT2D eigenvalue weighted by atomic mass is 9.88. The van der Waals surface area contributed by atoms with Crippen LogP contribution in [0.3, 0.4) is 0 Å². The lowest BCUT2D eigenvalue weighted by Crippen LogP contribution is -1.88. The number of fused-ring (bicyclic) bond motifs is 7. The summed E-state index contributed by atoms with van der Waals surface area (Å²) in [5, 5.41) is 10.5. The first kappa shape index (κ1) is 15.4. The first-order valence-corrected chi connectivity index (χ1v) is 9.72. The zero-order valence-corrected chi connectivity index (χ0v) is 15.4. The highest BCUT2D eigenvalue weighted by Crippen LogP contribution is 2.41. The van der Waals surface area contributed by atoms with Gasteiger partial charge in [-0.2, -0.15) is 0 Å². The highest BCUT2D eigenvalue weighted by Gasteiger charge is 2.13. The molecular weight excluding hydrogens is 336 g/mol. The molecule has 0 N–H and O–H groups in total. The average Bonchev–Trinajstić information content (AvgIpc) is 2.78. The first-order valence-electron chi connectivity index (χ1n) is 9.72. The Kier molecular flexibility index (Phi) is 3.27. The summed E-state index contributed by atoms with van der Waals surface area (Å²) < 4.78 is 0. The van der Waals surface area contributed by atoms with E-state index in [1.807, 2.05) is 0 Å². The second kappa shape index (κ2) is 5.94. The van der Waals surface area contributed by atoms with Crippen LogP contribution < -0.4 is 0 Å². The van der Waals surface area contributed by atoms with E-state index in [4.69, 9.17) is 0 Å². The summed E-state index contributed by atoms with van der Waals surface area (Å²) >= 11 is 0. The maximum Gasteiger partial charge on any atom is -0.00201 e. The Morgan fingerprint density at radius 3 is 1.43 bits per heavy atom. The Bertz CT molecular complexity index is 1460. The molecule has 6 rings (SSSR count). The summed E-state index contributed by atoms with van der Waals surface area (Å²) in [6.07, 6.45) is 0. The second-order valence-corrected chi connectivity index (χ2v) is 7.35. The van der Waals surface area contributed by atoms with Crippen LogP contribution in [0.15, 0.2) is 109 Å². The lowest BCUT2D eigenvalue weighted by Gasteiger charge is -2.15. The third-order valence-corrected chi connectivity index (χ3v) is 5.85. The van der Waals surface area contributed by atoms with Gasteiger partial charge >= 0.3 is 0 Å². The minimum Gasteiger partial charge on any atom is -0.0616 e. The first-order chi connectivity index (χ1) is 13.9. The number of hydrogen-bond donors (Lipinski definition) is 0. The van der Waals surface area contributed by atoms with Gasteiger partial charge in [0.2, 0.25) is 0 Å². The molecule has 0 aliphatic rings. The molecular formula is C28H18. The van der Waals surface area contributed by atoms with Crippen molar-refractivity contribution in [1.82, 2.24) is 0 Å². The monoisotopic (exact) mass is 354 g/mol. The predicted octanol–water partition coefficient (Wildman–Crippen LogP) is 7.97. The van der Waals surface area contributed by atoms with Crippen LogP contribution >= 0.6 is 0 Å². The molecule has 6 aromatic carbocycles. The quantitative estimate of drug-likeness (QED) is 0.263. The SMILES string of the molecule is c1ccc2c(-c3cccc4c5ccccc5c5ccccc5c34)cccc2c1. The van der Waals surface area contributed by atoms with Crippen LogP contribution in [0, 0.1) is 0 Å². The van der Waals surface area contributed by atoms with E-state index in [0.717, 1.165) is 0 Å². The summed E-state index contributed by atoms with van der Waals surface area (Å²) in [4.78, 5) is 0. The molecule has 0 heteroatoms. The molecule has 0 fully saturated rings. The van der Waals surface area contributed by atoms with Crippen LogP contribution in [0.25, 0.3) is 54.2 Å². The number of rotatable bonds is 1. The van der Waals surface area contributed by atoms with Gasteiger partial charge in [0.05, 0.1) is 0 Å². The van der Waals surface area contributed by atoms with Gasteiger partial charge in [-0.25, -0.2) is 0 Å². The Morgan fingerprint density at radius 1 is 0.286 bits per heavy atom. The van der Waals surface area contributed by atoms with Crippen molar-refractivity contribution in [2.24, 2.45) is 0 Å². The van der Waals surface area contributed by atoms with Crippen LogP contribution in [-0.2, 0) is 0 Å². The Hall–Kier alpha value is -3.64. The van der Waals surface area contributed by atoms with E-state index in [2.05, 4.69) is 109 Å². The lowest BCUT2D eigenvalue weighted by molar-refractivity contribution is 1.70. The molecule has 0 saturated carbocycles. The molecule has 0 amide bonds. The van der Waals surface area contributed by atoms with Gasteiger partial charge in [-0.3, -0.25) is 0 Å². The van der Waals surface area contributed by atoms with E-state index in [1.165, 1.54) is 54.2 Å². The topological polar surface area (TPSA) is 0 Å². The summed E-state index contributed by atoms with van der Waals surface area (Å²) in [6, 6.07) is 39.6. The van der Waals surface area contributed by atoms with E-state index in [0.29, 0.717) is 0 Å². The van der Waals surface area contributed by atoms with Gasteiger partial charge in [-0.1, -0.05) is 109 Å². The van der Waals surface area contributed by atoms with Crippen LogP contribution in [0.1, 0.15) is 0 Å². The van der Waals surface area contributed by atoms with Crippen LogP contribution in [-0.4, -0.2) is 0 Å². The standard InChI is InChI=1S/C28H18/c1-2-11-20-19(9-1)10-7-16-21(20)26-17-8-18-27-24-13-4-3-12-22(24)23-14-5-6-15-25(23)28(26)27/h1-18H. The number of hydrogen-bond acceptors (Lipinski definition) is 0. The predicted molar refractivity (Wildman–Crippen MR) is 122 cm³/mol. The minimum absolute atomic E-state index is 1.28. The van der Waals surface area contributed by atoms with Crippen molar-refractivity contribution in [3.05, 3.63) is 109 Å².